The number of ether oxygens (including phenoxy) is 2. The highest BCUT2D eigenvalue weighted by Crippen LogP contribution is 2.40. The Morgan fingerprint density at radius 2 is 1.52 bits per heavy atom. The standard InChI is InChI=1S/C37H38N2O8S/c40-22-24-11-13-27(14-12-24)32-20-30(23-48-33-8-2-1-7-31(33)36(43)44)46-37(47-32)28-17-15-26(16-18-28)29-6-3-5-25(19-29)21-38-34(41)9-4-10-35(42)39-45/h1-3,5-8,11-19,30,32,37,40,45H,4,9-10,20-23H2,(H,38,41)(H,39,42)(H,43,44). The van der Waals surface area contributed by atoms with Gasteiger partial charge in [0.2, 0.25) is 11.8 Å². The van der Waals surface area contributed by atoms with E-state index >= 15 is 0 Å². The quantitative estimate of drug-likeness (QED) is 0.0602. The van der Waals surface area contributed by atoms with E-state index in [9.17, 15) is 24.6 Å². The van der Waals surface area contributed by atoms with E-state index in [0.29, 0.717) is 30.0 Å². The van der Waals surface area contributed by atoms with Crippen LogP contribution < -0.4 is 10.8 Å². The summed E-state index contributed by atoms with van der Waals surface area (Å²) in [4.78, 5) is 35.8. The molecule has 10 nitrogen and oxygen atoms in total. The lowest BCUT2D eigenvalue weighted by molar-refractivity contribution is -0.245. The van der Waals surface area contributed by atoms with Crippen molar-refractivity contribution in [3.63, 3.8) is 0 Å². The molecule has 1 aliphatic heterocycles. The summed E-state index contributed by atoms with van der Waals surface area (Å²) in [7, 11) is 0. The average molecular weight is 671 g/mol. The molecule has 4 aromatic carbocycles. The fourth-order valence-corrected chi connectivity index (χ4v) is 6.49. The smallest absolute Gasteiger partial charge is 0.336 e. The van der Waals surface area contributed by atoms with Gasteiger partial charge in [-0.25, -0.2) is 10.3 Å². The Morgan fingerprint density at radius 1 is 0.792 bits per heavy atom. The number of hydrogen-bond donors (Lipinski definition) is 5. The normalized spacial score (nSPS) is 17.4. The molecule has 0 saturated carbocycles. The number of carbonyl (C=O) groups is 3. The van der Waals surface area contributed by atoms with Gasteiger partial charge in [0.15, 0.2) is 6.29 Å². The van der Waals surface area contributed by atoms with E-state index in [1.54, 1.807) is 23.7 Å². The number of hydroxylamine groups is 1. The maximum Gasteiger partial charge on any atom is 0.336 e. The summed E-state index contributed by atoms with van der Waals surface area (Å²) in [5, 5.41) is 30.6. The van der Waals surface area contributed by atoms with E-state index in [-0.39, 0.29) is 43.1 Å². The van der Waals surface area contributed by atoms with Gasteiger partial charge in [0.25, 0.3) is 0 Å². The molecule has 1 saturated heterocycles. The van der Waals surface area contributed by atoms with E-state index in [2.05, 4.69) is 5.32 Å². The van der Waals surface area contributed by atoms with Gasteiger partial charge in [-0.1, -0.05) is 78.9 Å². The first-order valence-corrected chi connectivity index (χ1v) is 16.7. The molecule has 11 heteroatoms. The molecule has 2 amide bonds. The summed E-state index contributed by atoms with van der Waals surface area (Å²) >= 11 is 1.45. The van der Waals surface area contributed by atoms with Gasteiger partial charge in [0, 0.05) is 42.0 Å². The van der Waals surface area contributed by atoms with E-state index < -0.39 is 18.2 Å². The van der Waals surface area contributed by atoms with Crippen molar-refractivity contribution in [1.29, 1.82) is 0 Å². The molecule has 3 atom stereocenters. The lowest BCUT2D eigenvalue weighted by Gasteiger charge is -2.36. The van der Waals surface area contributed by atoms with Crippen LogP contribution in [0, 0.1) is 0 Å². The first kappa shape index (κ1) is 34.8. The minimum Gasteiger partial charge on any atom is -0.478 e. The predicted octanol–water partition coefficient (Wildman–Crippen LogP) is 6.17. The zero-order valence-electron chi connectivity index (χ0n) is 26.2. The molecule has 1 aliphatic rings. The first-order valence-electron chi connectivity index (χ1n) is 15.7. The van der Waals surface area contributed by atoms with Crippen LogP contribution in [0.5, 0.6) is 0 Å². The molecule has 0 aromatic heterocycles. The summed E-state index contributed by atoms with van der Waals surface area (Å²) in [6.45, 7) is 0.300. The third kappa shape index (κ3) is 9.52. The van der Waals surface area contributed by atoms with Crippen molar-refractivity contribution >= 4 is 29.5 Å². The lowest BCUT2D eigenvalue weighted by Crippen LogP contribution is -2.31. The highest BCUT2D eigenvalue weighted by Gasteiger charge is 2.32. The molecule has 0 radical (unpaired) electrons. The van der Waals surface area contributed by atoms with Gasteiger partial charge >= 0.3 is 5.97 Å². The summed E-state index contributed by atoms with van der Waals surface area (Å²) in [6, 6.07) is 30.4. The monoisotopic (exact) mass is 670 g/mol. The fraction of sp³-hybridized carbons (Fsp3) is 0.270. The number of carbonyl (C=O) groups excluding carboxylic acids is 2. The third-order valence-corrected chi connectivity index (χ3v) is 9.23. The van der Waals surface area contributed by atoms with Crippen molar-refractivity contribution in [2.45, 2.75) is 62.2 Å². The van der Waals surface area contributed by atoms with Gasteiger partial charge in [0.05, 0.1) is 24.4 Å². The molecule has 1 fully saturated rings. The molecule has 4 aromatic rings. The van der Waals surface area contributed by atoms with Crippen LogP contribution in [-0.4, -0.2) is 45.1 Å². The first-order chi connectivity index (χ1) is 23.3. The average Bonchev–Trinajstić information content (AvgIpc) is 3.13. The van der Waals surface area contributed by atoms with Crippen molar-refractivity contribution < 1.29 is 39.3 Å². The number of aliphatic hydroxyl groups is 1. The second kappa shape index (κ2) is 17.0. The number of amides is 2. The Hall–Kier alpha value is -4.52. The Bertz CT molecular complexity index is 1700. The maximum absolute atomic E-state index is 12.2. The van der Waals surface area contributed by atoms with E-state index in [0.717, 1.165) is 33.4 Å². The molecular weight excluding hydrogens is 632 g/mol. The van der Waals surface area contributed by atoms with Crippen LogP contribution in [0.4, 0.5) is 0 Å². The molecule has 5 N–H and O–H groups in total. The highest BCUT2D eigenvalue weighted by atomic mass is 32.2. The Balaban J connectivity index is 1.27. The van der Waals surface area contributed by atoms with E-state index in [1.165, 1.54) is 11.8 Å². The Labute approximate surface area is 283 Å². The van der Waals surface area contributed by atoms with Crippen molar-refractivity contribution in [2.24, 2.45) is 0 Å². The Morgan fingerprint density at radius 3 is 2.25 bits per heavy atom. The number of carboxylic acids is 1. The minimum absolute atomic E-state index is 0.0446. The number of nitrogens with one attached hydrogen (secondary N) is 2. The number of aromatic carboxylic acids is 1. The predicted molar refractivity (Wildman–Crippen MR) is 180 cm³/mol. The minimum atomic E-state index is -0.969. The van der Waals surface area contributed by atoms with Crippen molar-refractivity contribution in [1.82, 2.24) is 10.8 Å². The van der Waals surface area contributed by atoms with Gasteiger partial charge < -0.3 is 25.0 Å². The van der Waals surface area contributed by atoms with Crippen LogP contribution in [0.2, 0.25) is 0 Å². The topological polar surface area (TPSA) is 154 Å². The number of aliphatic hydroxyl groups excluding tert-OH is 1. The maximum atomic E-state index is 12.2. The summed E-state index contributed by atoms with van der Waals surface area (Å²) in [6.07, 6.45) is 0.0348. The highest BCUT2D eigenvalue weighted by molar-refractivity contribution is 7.99. The van der Waals surface area contributed by atoms with Gasteiger partial charge in [0.1, 0.15) is 0 Å². The molecule has 3 unspecified atom stereocenters. The molecule has 0 spiro atoms. The number of carboxylic acid groups (broad SMARTS) is 1. The number of hydrogen-bond acceptors (Lipinski definition) is 8. The van der Waals surface area contributed by atoms with Crippen LogP contribution in [0.25, 0.3) is 11.1 Å². The molecule has 1 heterocycles. The van der Waals surface area contributed by atoms with Crippen LogP contribution in [0.15, 0.2) is 102 Å². The summed E-state index contributed by atoms with van der Waals surface area (Å²) in [5.41, 5.74) is 7.33. The van der Waals surface area contributed by atoms with Gasteiger partial charge in [-0.05, 0) is 52.4 Å². The third-order valence-electron chi connectivity index (χ3n) is 8.02. The van der Waals surface area contributed by atoms with Gasteiger partial charge in [-0.15, -0.1) is 11.8 Å². The van der Waals surface area contributed by atoms with E-state index in [4.69, 9.17) is 14.7 Å². The number of rotatable bonds is 14. The second-order valence-corrected chi connectivity index (χ2v) is 12.5. The summed E-state index contributed by atoms with van der Waals surface area (Å²) < 4.78 is 12.9. The molecule has 0 bridgehead atoms. The van der Waals surface area contributed by atoms with Crippen LogP contribution in [0.1, 0.15) is 70.7 Å². The number of thioether (sulfide) groups is 1. The summed E-state index contributed by atoms with van der Waals surface area (Å²) in [5.74, 6) is -1.12. The molecule has 250 valence electrons. The van der Waals surface area contributed by atoms with Crippen LogP contribution in [0.3, 0.4) is 0 Å². The van der Waals surface area contributed by atoms with Gasteiger partial charge in [-0.2, -0.15) is 0 Å². The molecular formula is C37H38N2O8S. The van der Waals surface area contributed by atoms with Crippen molar-refractivity contribution in [3.8, 4) is 11.1 Å². The van der Waals surface area contributed by atoms with Crippen molar-refractivity contribution in [3.05, 3.63) is 125 Å². The second-order valence-electron chi connectivity index (χ2n) is 11.5. The van der Waals surface area contributed by atoms with Crippen LogP contribution in [-0.2, 0) is 32.2 Å². The molecule has 5 rings (SSSR count). The zero-order valence-corrected chi connectivity index (χ0v) is 27.0. The molecule has 48 heavy (non-hydrogen) atoms. The van der Waals surface area contributed by atoms with Crippen molar-refractivity contribution in [2.75, 3.05) is 5.75 Å². The lowest BCUT2D eigenvalue weighted by atomic mass is 9.99. The number of benzene rings is 4. The largest absolute Gasteiger partial charge is 0.478 e. The SMILES string of the molecule is O=C(CCCC(=O)NCc1cccc(-c2ccc(C3OC(CSc4ccccc4C(=O)O)CC(c4ccc(CO)cc4)O3)cc2)c1)NO. The fourth-order valence-electron chi connectivity index (χ4n) is 5.42. The van der Waals surface area contributed by atoms with Gasteiger partial charge in [-0.3, -0.25) is 14.8 Å². The molecule has 0 aliphatic carbocycles. The van der Waals surface area contributed by atoms with E-state index in [1.807, 2.05) is 78.9 Å². The van der Waals surface area contributed by atoms with Crippen LogP contribution >= 0.6 is 11.8 Å². The zero-order chi connectivity index (χ0) is 33.9. The Kier molecular flexibility index (Phi) is 12.4.